The zero-order chi connectivity index (χ0) is 11.4. The maximum Gasteiger partial charge on any atom is 0.224 e. The van der Waals surface area contributed by atoms with Gasteiger partial charge in [0.25, 0.3) is 0 Å². The maximum absolute atomic E-state index is 11.4. The number of rotatable bonds is 3. The van der Waals surface area contributed by atoms with Gasteiger partial charge >= 0.3 is 0 Å². The molecule has 1 aromatic carbocycles. The number of carbonyl (C=O) groups is 1. The summed E-state index contributed by atoms with van der Waals surface area (Å²) in [6, 6.07) is 11.9. The van der Waals surface area contributed by atoms with Crippen molar-refractivity contribution in [2.75, 3.05) is 5.32 Å². The SMILES string of the molecule is CCC(=O)Nc1ccccc1-c1cccs1. The molecular weight excluding hydrogens is 218 g/mol. The molecule has 0 aliphatic rings. The lowest BCUT2D eigenvalue weighted by molar-refractivity contribution is -0.115. The molecule has 0 unspecified atom stereocenters. The predicted molar refractivity (Wildman–Crippen MR) is 68.7 cm³/mol. The minimum atomic E-state index is 0.0454. The monoisotopic (exact) mass is 231 g/mol. The molecule has 1 amide bonds. The Kier molecular flexibility index (Phi) is 3.37. The second kappa shape index (κ2) is 4.94. The Morgan fingerprint density at radius 2 is 2.06 bits per heavy atom. The van der Waals surface area contributed by atoms with Crippen LogP contribution >= 0.6 is 11.3 Å². The Morgan fingerprint density at radius 1 is 1.25 bits per heavy atom. The summed E-state index contributed by atoms with van der Waals surface area (Å²) in [7, 11) is 0. The summed E-state index contributed by atoms with van der Waals surface area (Å²) in [6.45, 7) is 1.85. The highest BCUT2D eigenvalue weighted by Gasteiger charge is 2.07. The van der Waals surface area contributed by atoms with E-state index in [4.69, 9.17) is 0 Å². The third kappa shape index (κ3) is 2.31. The minimum Gasteiger partial charge on any atom is -0.325 e. The third-order valence-electron chi connectivity index (χ3n) is 2.31. The molecule has 1 aromatic heterocycles. The van der Waals surface area contributed by atoms with Gasteiger partial charge in [0.15, 0.2) is 0 Å². The smallest absolute Gasteiger partial charge is 0.224 e. The predicted octanol–water partition coefficient (Wildman–Crippen LogP) is 3.76. The maximum atomic E-state index is 11.4. The molecular formula is C13H13NOS. The minimum absolute atomic E-state index is 0.0454. The number of para-hydroxylation sites is 1. The lowest BCUT2D eigenvalue weighted by Crippen LogP contribution is -2.09. The van der Waals surface area contributed by atoms with Gasteiger partial charge in [-0.15, -0.1) is 11.3 Å². The van der Waals surface area contributed by atoms with Gasteiger partial charge in [0.2, 0.25) is 5.91 Å². The molecule has 2 rings (SSSR count). The van der Waals surface area contributed by atoms with E-state index >= 15 is 0 Å². The highest BCUT2D eigenvalue weighted by molar-refractivity contribution is 7.13. The number of carbonyl (C=O) groups excluding carboxylic acids is 1. The van der Waals surface area contributed by atoms with E-state index in [1.807, 2.05) is 42.6 Å². The Hall–Kier alpha value is -1.61. The normalized spacial score (nSPS) is 10.1. The zero-order valence-electron chi connectivity index (χ0n) is 9.07. The zero-order valence-corrected chi connectivity index (χ0v) is 9.88. The fourth-order valence-corrected chi connectivity index (χ4v) is 2.24. The highest BCUT2D eigenvalue weighted by Crippen LogP contribution is 2.31. The molecule has 0 fully saturated rings. The van der Waals surface area contributed by atoms with Crippen LogP contribution in [0.25, 0.3) is 10.4 Å². The van der Waals surface area contributed by atoms with Crippen molar-refractivity contribution in [1.82, 2.24) is 0 Å². The van der Waals surface area contributed by atoms with Crippen LogP contribution in [-0.4, -0.2) is 5.91 Å². The average Bonchev–Trinajstić information content (AvgIpc) is 2.83. The van der Waals surface area contributed by atoms with Gasteiger partial charge in [-0.25, -0.2) is 0 Å². The Bertz CT molecular complexity index is 476. The van der Waals surface area contributed by atoms with Crippen LogP contribution in [0.4, 0.5) is 5.69 Å². The molecule has 0 atom stereocenters. The van der Waals surface area contributed by atoms with E-state index in [2.05, 4.69) is 11.4 Å². The van der Waals surface area contributed by atoms with E-state index in [0.29, 0.717) is 6.42 Å². The molecule has 3 heteroatoms. The molecule has 16 heavy (non-hydrogen) atoms. The van der Waals surface area contributed by atoms with E-state index in [0.717, 1.165) is 11.3 Å². The van der Waals surface area contributed by atoms with Gasteiger partial charge in [-0.05, 0) is 17.5 Å². The third-order valence-corrected chi connectivity index (χ3v) is 3.21. The molecule has 2 aromatic rings. The first kappa shape index (κ1) is 10.9. The summed E-state index contributed by atoms with van der Waals surface area (Å²) in [5.74, 6) is 0.0454. The number of thiophene rings is 1. The fourth-order valence-electron chi connectivity index (χ4n) is 1.48. The standard InChI is InChI=1S/C13H13NOS/c1-2-13(15)14-11-7-4-3-6-10(11)12-8-5-9-16-12/h3-9H,2H2,1H3,(H,14,15). The Labute approximate surface area is 98.9 Å². The lowest BCUT2D eigenvalue weighted by atomic mass is 10.1. The van der Waals surface area contributed by atoms with Gasteiger partial charge in [-0.1, -0.05) is 31.2 Å². The molecule has 1 N–H and O–H groups in total. The highest BCUT2D eigenvalue weighted by atomic mass is 32.1. The van der Waals surface area contributed by atoms with Gasteiger partial charge < -0.3 is 5.32 Å². The number of hydrogen-bond donors (Lipinski definition) is 1. The number of amides is 1. The summed E-state index contributed by atoms with van der Waals surface area (Å²) >= 11 is 1.67. The van der Waals surface area contributed by atoms with Crippen molar-refractivity contribution in [3.8, 4) is 10.4 Å². The summed E-state index contributed by atoms with van der Waals surface area (Å²) in [4.78, 5) is 12.6. The van der Waals surface area contributed by atoms with E-state index in [-0.39, 0.29) is 5.91 Å². The van der Waals surface area contributed by atoms with Crippen molar-refractivity contribution >= 4 is 22.9 Å². The molecule has 0 aliphatic carbocycles. The van der Waals surface area contributed by atoms with E-state index in [9.17, 15) is 4.79 Å². The van der Waals surface area contributed by atoms with Crippen LogP contribution in [0.15, 0.2) is 41.8 Å². The van der Waals surface area contributed by atoms with Crippen LogP contribution < -0.4 is 5.32 Å². The molecule has 2 nitrogen and oxygen atoms in total. The first-order valence-corrected chi connectivity index (χ1v) is 6.12. The second-order valence-corrected chi connectivity index (χ2v) is 4.37. The summed E-state index contributed by atoms with van der Waals surface area (Å²) in [6.07, 6.45) is 0.499. The summed E-state index contributed by atoms with van der Waals surface area (Å²) in [5.41, 5.74) is 1.97. The van der Waals surface area contributed by atoms with Crippen LogP contribution in [0, 0.1) is 0 Å². The topological polar surface area (TPSA) is 29.1 Å². The molecule has 0 saturated carbocycles. The second-order valence-electron chi connectivity index (χ2n) is 3.42. The number of benzene rings is 1. The van der Waals surface area contributed by atoms with E-state index in [1.165, 1.54) is 4.88 Å². The molecule has 82 valence electrons. The van der Waals surface area contributed by atoms with Gasteiger partial charge in [-0.3, -0.25) is 4.79 Å². The molecule has 1 heterocycles. The molecule has 0 bridgehead atoms. The van der Waals surface area contributed by atoms with Gasteiger partial charge in [0.05, 0.1) is 0 Å². The Morgan fingerprint density at radius 3 is 2.75 bits per heavy atom. The van der Waals surface area contributed by atoms with Crippen molar-refractivity contribution in [1.29, 1.82) is 0 Å². The van der Waals surface area contributed by atoms with Crippen LogP contribution in [0.1, 0.15) is 13.3 Å². The quantitative estimate of drug-likeness (QED) is 0.856. The van der Waals surface area contributed by atoms with E-state index < -0.39 is 0 Å². The molecule has 0 spiro atoms. The van der Waals surface area contributed by atoms with Crippen molar-refractivity contribution in [3.63, 3.8) is 0 Å². The summed E-state index contributed by atoms with van der Waals surface area (Å²) < 4.78 is 0. The van der Waals surface area contributed by atoms with Crippen LogP contribution in [0.3, 0.4) is 0 Å². The number of anilines is 1. The first-order valence-electron chi connectivity index (χ1n) is 5.24. The van der Waals surface area contributed by atoms with Crippen molar-refractivity contribution in [2.24, 2.45) is 0 Å². The van der Waals surface area contributed by atoms with Gasteiger partial charge in [0.1, 0.15) is 0 Å². The van der Waals surface area contributed by atoms with Crippen molar-refractivity contribution in [3.05, 3.63) is 41.8 Å². The molecule has 0 saturated heterocycles. The number of nitrogens with one attached hydrogen (secondary N) is 1. The van der Waals surface area contributed by atoms with E-state index in [1.54, 1.807) is 11.3 Å². The molecule has 0 radical (unpaired) electrons. The Balaban J connectivity index is 2.35. The number of hydrogen-bond acceptors (Lipinski definition) is 2. The first-order chi connectivity index (χ1) is 7.81. The fraction of sp³-hybridized carbons (Fsp3) is 0.154. The van der Waals surface area contributed by atoms with Crippen LogP contribution in [0.2, 0.25) is 0 Å². The van der Waals surface area contributed by atoms with Crippen molar-refractivity contribution < 1.29 is 4.79 Å². The van der Waals surface area contributed by atoms with Crippen LogP contribution in [0.5, 0.6) is 0 Å². The largest absolute Gasteiger partial charge is 0.325 e. The summed E-state index contributed by atoms with van der Waals surface area (Å²) in [5, 5.41) is 4.95. The molecule has 0 aliphatic heterocycles. The van der Waals surface area contributed by atoms with Gasteiger partial charge in [0, 0.05) is 22.5 Å². The lowest BCUT2D eigenvalue weighted by Gasteiger charge is -2.08. The average molecular weight is 231 g/mol. The van der Waals surface area contributed by atoms with Crippen molar-refractivity contribution in [2.45, 2.75) is 13.3 Å². The van der Waals surface area contributed by atoms with Crippen LogP contribution in [-0.2, 0) is 4.79 Å². The van der Waals surface area contributed by atoms with Gasteiger partial charge in [-0.2, -0.15) is 0 Å².